The van der Waals surface area contributed by atoms with Gasteiger partial charge in [-0.05, 0) is 24.5 Å². The Morgan fingerprint density at radius 1 is 1.40 bits per heavy atom. The quantitative estimate of drug-likeness (QED) is 0.608. The highest BCUT2D eigenvalue weighted by Crippen LogP contribution is 2.27. The standard InChI is InChI=1S/C17H23N5O3/c1-12-16(22(24)25)17(20(2)19-12)18-9-15(23)11-21-8-7-13-5-3-4-6-14(13)10-21/h3-6,15,18,23H,7-11H2,1-2H3/t15-/m0/s1. The molecule has 0 amide bonds. The molecule has 8 nitrogen and oxygen atoms in total. The van der Waals surface area contributed by atoms with Gasteiger partial charge in [-0.2, -0.15) is 5.10 Å². The molecular weight excluding hydrogens is 322 g/mol. The second-order valence-corrected chi connectivity index (χ2v) is 6.45. The number of aliphatic hydroxyl groups excluding tert-OH is 1. The number of nitro groups is 1. The molecule has 0 spiro atoms. The van der Waals surface area contributed by atoms with Gasteiger partial charge in [0, 0.05) is 33.2 Å². The van der Waals surface area contributed by atoms with Crippen LogP contribution in [0.3, 0.4) is 0 Å². The first-order valence-corrected chi connectivity index (χ1v) is 8.34. The fraction of sp³-hybridized carbons (Fsp3) is 0.471. The van der Waals surface area contributed by atoms with E-state index in [1.54, 1.807) is 14.0 Å². The van der Waals surface area contributed by atoms with Crippen molar-refractivity contribution in [2.75, 3.05) is 25.0 Å². The Bertz CT molecular complexity index is 774. The van der Waals surface area contributed by atoms with E-state index in [4.69, 9.17) is 0 Å². The van der Waals surface area contributed by atoms with Crippen molar-refractivity contribution in [1.82, 2.24) is 14.7 Å². The van der Waals surface area contributed by atoms with Crippen LogP contribution in [0.1, 0.15) is 16.8 Å². The number of nitrogens with one attached hydrogen (secondary N) is 1. The van der Waals surface area contributed by atoms with Crippen LogP contribution in [0.2, 0.25) is 0 Å². The van der Waals surface area contributed by atoms with Crippen LogP contribution in [0.25, 0.3) is 0 Å². The molecule has 1 aliphatic rings. The van der Waals surface area contributed by atoms with Crippen LogP contribution >= 0.6 is 0 Å². The highest BCUT2D eigenvalue weighted by molar-refractivity contribution is 5.59. The fourth-order valence-electron chi connectivity index (χ4n) is 3.35. The minimum atomic E-state index is -0.625. The van der Waals surface area contributed by atoms with Gasteiger partial charge in [-0.3, -0.25) is 15.0 Å². The van der Waals surface area contributed by atoms with Crippen LogP contribution in [-0.4, -0.2) is 50.4 Å². The van der Waals surface area contributed by atoms with E-state index in [0.29, 0.717) is 18.1 Å². The first kappa shape index (κ1) is 17.4. The number of fused-ring (bicyclic) bond motifs is 1. The molecule has 2 aromatic rings. The molecule has 0 aliphatic carbocycles. The summed E-state index contributed by atoms with van der Waals surface area (Å²) in [4.78, 5) is 12.9. The summed E-state index contributed by atoms with van der Waals surface area (Å²) in [5.41, 5.74) is 2.98. The minimum Gasteiger partial charge on any atom is -0.390 e. The number of aryl methyl sites for hydroxylation is 2. The largest absolute Gasteiger partial charge is 0.390 e. The molecule has 2 heterocycles. The van der Waals surface area contributed by atoms with Gasteiger partial charge in [0.2, 0.25) is 5.82 Å². The molecule has 25 heavy (non-hydrogen) atoms. The molecule has 0 bridgehead atoms. The molecule has 1 atom stereocenters. The summed E-state index contributed by atoms with van der Waals surface area (Å²) in [5, 5.41) is 28.6. The summed E-state index contributed by atoms with van der Waals surface area (Å²) >= 11 is 0. The van der Waals surface area contributed by atoms with Crippen molar-refractivity contribution < 1.29 is 10.0 Å². The van der Waals surface area contributed by atoms with Crippen LogP contribution in [0.4, 0.5) is 11.5 Å². The molecule has 1 aromatic heterocycles. The molecule has 8 heteroatoms. The van der Waals surface area contributed by atoms with Gasteiger partial charge in [0.25, 0.3) is 0 Å². The Balaban J connectivity index is 1.58. The molecule has 0 radical (unpaired) electrons. The highest BCUT2D eigenvalue weighted by atomic mass is 16.6. The van der Waals surface area contributed by atoms with Crippen molar-refractivity contribution in [3.05, 3.63) is 51.2 Å². The van der Waals surface area contributed by atoms with Gasteiger partial charge >= 0.3 is 5.69 Å². The van der Waals surface area contributed by atoms with Crippen LogP contribution in [0, 0.1) is 17.0 Å². The Morgan fingerprint density at radius 2 is 2.12 bits per heavy atom. The lowest BCUT2D eigenvalue weighted by atomic mass is 10.00. The van der Waals surface area contributed by atoms with Crippen molar-refractivity contribution in [2.24, 2.45) is 7.05 Å². The lowest BCUT2D eigenvalue weighted by Crippen LogP contribution is -2.39. The lowest BCUT2D eigenvalue weighted by Gasteiger charge is -2.30. The molecule has 3 rings (SSSR count). The van der Waals surface area contributed by atoms with Gasteiger partial charge < -0.3 is 10.4 Å². The molecule has 0 unspecified atom stereocenters. The third kappa shape index (κ3) is 3.80. The lowest BCUT2D eigenvalue weighted by molar-refractivity contribution is -0.384. The number of aliphatic hydroxyl groups is 1. The molecule has 0 saturated heterocycles. The van der Waals surface area contributed by atoms with Gasteiger partial charge in [0.05, 0.1) is 11.0 Å². The Hall–Kier alpha value is -2.45. The monoisotopic (exact) mass is 345 g/mol. The highest BCUT2D eigenvalue weighted by Gasteiger charge is 2.25. The SMILES string of the molecule is Cc1nn(C)c(NC[C@H](O)CN2CCc3ccccc3C2)c1[N+](=O)[O-]. The normalized spacial score (nSPS) is 15.6. The van der Waals surface area contributed by atoms with E-state index in [0.717, 1.165) is 19.5 Å². The van der Waals surface area contributed by atoms with Crippen LogP contribution < -0.4 is 5.32 Å². The van der Waals surface area contributed by atoms with Crippen LogP contribution in [0.15, 0.2) is 24.3 Å². The maximum Gasteiger partial charge on any atom is 0.333 e. The third-order valence-electron chi connectivity index (χ3n) is 4.56. The molecule has 0 saturated carbocycles. The van der Waals surface area contributed by atoms with Crippen molar-refractivity contribution >= 4 is 11.5 Å². The van der Waals surface area contributed by atoms with E-state index in [9.17, 15) is 15.2 Å². The third-order valence-corrected chi connectivity index (χ3v) is 4.56. The number of hydrogen-bond acceptors (Lipinski definition) is 6. The number of nitrogens with zero attached hydrogens (tertiary/aromatic N) is 4. The second-order valence-electron chi connectivity index (χ2n) is 6.45. The van der Waals surface area contributed by atoms with E-state index in [-0.39, 0.29) is 12.2 Å². The number of β-amino-alcohol motifs (C(OH)–C–C–N with tert-alkyl or cyclic N) is 1. The van der Waals surface area contributed by atoms with E-state index < -0.39 is 11.0 Å². The molecule has 1 aromatic carbocycles. The number of aromatic nitrogens is 2. The summed E-state index contributed by atoms with van der Waals surface area (Å²) in [6.45, 7) is 4.08. The number of anilines is 1. The van der Waals surface area contributed by atoms with Crippen LogP contribution in [0.5, 0.6) is 0 Å². The first-order valence-electron chi connectivity index (χ1n) is 8.34. The Kier molecular flexibility index (Phi) is 5.00. The summed E-state index contributed by atoms with van der Waals surface area (Å²) in [5.74, 6) is 0.325. The zero-order chi connectivity index (χ0) is 18.0. The predicted octanol–water partition coefficient (Wildman–Crippen LogP) is 1.47. The number of rotatable bonds is 6. The zero-order valence-corrected chi connectivity index (χ0v) is 14.5. The molecule has 0 fully saturated rings. The van der Waals surface area contributed by atoms with E-state index in [1.165, 1.54) is 15.8 Å². The average Bonchev–Trinajstić information content (AvgIpc) is 2.86. The van der Waals surface area contributed by atoms with Gasteiger partial charge in [-0.25, -0.2) is 4.68 Å². The van der Waals surface area contributed by atoms with Gasteiger partial charge in [0.1, 0.15) is 5.69 Å². The summed E-state index contributed by atoms with van der Waals surface area (Å²) in [7, 11) is 1.65. The van der Waals surface area contributed by atoms with E-state index in [1.807, 2.05) is 6.07 Å². The van der Waals surface area contributed by atoms with E-state index in [2.05, 4.69) is 33.5 Å². The summed E-state index contributed by atoms with van der Waals surface area (Å²) < 4.78 is 1.44. The average molecular weight is 345 g/mol. The molecule has 2 N–H and O–H groups in total. The summed E-state index contributed by atoms with van der Waals surface area (Å²) in [6, 6.07) is 8.35. The topological polar surface area (TPSA) is 96.5 Å². The first-order chi connectivity index (χ1) is 12.0. The summed E-state index contributed by atoms with van der Waals surface area (Å²) in [6.07, 6.45) is 0.350. The maximum atomic E-state index is 11.2. The maximum absolute atomic E-state index is 11.2. The van der Waals surface area contributed by atoms with Crippen molar-refractivity contribution in [1.29, 1.82) is 0 Å². The Labute approximate surface area is 146 Å². The molecule has 134 valence electrons. The zero-order valence-electron chi connectivity index (χ0n) is 14.5. The Morgan fingerprint density at radius 3 is 2.84 bits per heavy atom. The van der Waals surface area contributed by atoms with Gasteiger partial charge in [-0.1, -0.05) is 24.3 Å². The van der Waals surface area contributed by atoms with Crippen LogP contribution in [-0.2, 0) is 20.0 Å². The number of hydrogen-bond donors (Lipinski definition) is 2. The predicted molar refractivity (Wildman–Crippen MR) is 94.5 cm³/mol. The van der Waals surface area contributed by atoms with Gasteiger partial charge in [-0.15, -0.1) is 0 Å². The second kappa shape index (κ2) is 7.20. The van der Waals surface area contributed by atoms with Crippen molar-refractivity contribution in [3.8, 4) is 0 Å². The van der Waals surface area contributed by atoms with E-state index >= 15 is 0 Å². The van der Waals surface area contributed by atoms with Gasteiger partial charge in [0.15, 0.2) is 0 Å². The molecule has 1 aliphatic heterocycles. The fourth-order valence-corrected chi connectivity index (χ4v) is 3.35. The minimum absolute atomic E-state index is 0.0402. The van der Waals surface area contributed by atoms with Crippen molar-refractivity contribution in [2.45, 2.75) is 26.0 Å². The molecular formula is C17H23N5O3. The number of benzene rings is 1. The van der Waals surface area contributed by atoms with Crippen molar-refractivity contribution in [3.63, 3.8) is 0 Å². The smallest absolute Gasteiger partial charge is 0.333 e.